The Bertz CT molecular complexity index is 358. The Morgan fingerprint density at radius 2 is 2.22 bits per heavy atom. The maximum atomic E-state index is 4.64. The molecule has 1 atom stereocenters. The van der Waals surface area contributed by atoms with Crippen molar-refractivity contribution < 1.29 is 0 Å². The quantitative estimate of drug-likeness (QED) is 0.889. The van der Waals surface area contributed by atoms with E-state index in [0.717, 1.165) is 12.5 Å². The van der Waals surface area contributed by atoms with E-state index in [1.54, 1.807) is 11.3 Å². The fraction of sp³-hybridized carbons (Fsp3) is 0.786. The molecule has 1 aromatic heterocycles. The van der Waals surface area contributed by atoms with Crippen molar-refractivity contribution in [1.82, 2.24) is 15.2 Å². The molecule has 0 aromatic carbocycles. The van der Waals surface area contributed by atoms with E-state index >= 15 is 0 Å². The lowest BCUT2D eigenvalue weighted by Gasteiger charge is -2.32. The molecule has 1 aliphatic heterocycles. The van der Waals surface area contributed by atoms with Crippen molar-refractivity contribution in [1.29, 1.82) is 0 Å². The van der Waals surface area contributed by atoms with E-state index in [1.165, 1.54) is 43.2 Å². The monoisotopic (exact) mass is 267 g/mol. The van der Waals surface area contributed by atoms with Gasteiger partial charge in [0.1, 0.15) is 0 Å². The Kier molecular flexibility index (Phi) is 5.15. The molecule has 0 aliphatic carbocycles. The number of hydrogen-bond acceptors (Lipinski definition) is 4. The van der Waals surface area contributed by atoms with Crippen LogP contribution in [0, 0.1) is 12.8 Å². The average molecular weight is 267 g/mol. The summed E-state index contributed by atoms with van der Waals surface area (Å²) in [5, 5.41) is 6.83. The maximum absolute atomic E-state index is 4.64. The average Bonchev–Trinajstić information content (AvgIpc) is 2.83. The number of aryl methyl sites for hydroxylation is 1. The summed E-state index contributed by atoms with van der Waals surface area (Å²) in [6.07, 6.45) is 2.64. The number of nitrogens with zero attached hydrogens (tertiary/aromatic N) is 2. The molecular formula is C14H25N3S. The molecule has 1 saturated heterocycles. The third kappa shape index (κ3) is 3.53. The molecule has 1 N–H and O–H groups in total. The molecule has 0 spiro atoms. The highest BCUT2D eigenvalue weighted by molar-refractivity contribution is 7.09. The Labute approximate surface area is 115 Å². The van der Waals surface area contributed by atoms with Crippen LogP contribution < -0.4 is 5.32 Å². The second-order valence-corrected chi connectivity index (χ2v) is 6.31. The van der Waals surface area contributed by atoms with Crippen LogP contribution in [0.3, 0.4) is 0 Å². The van der Waals surface area contributed by atoms with E-state index in [9.17, 15) is 0 Å². The van der Waals surface area contributed by atoms with Crippen molar-refractivity contribution in [3.05, 3.63) is 16.1 Å². The minimum absolute atomic E-state index is 0.454. The first-order chi connectivity index (χ1) is 8.70. The molecule has 0 amide bonds. The van der Waals surface area contributed by atoms with Gasteiger partial charge in [0.25, 0.3) is 0 Å². The van der Waals surface area contributed by atoms with E-state index in [1.807, 2.05) is 0 Å². The fourth-order valence-electron chi connectivity index (χ4n) is 2.72. The lowest BCUT2D eigenvalue weighted by Crippen LogP contribution is -2.37. The second kappa shape index (κ2) is 6.64. The van der Waals surface area contributed by atoms with Crippen molar-refractivity contribution in [3.8, 4) is 0 Å². The van der Waals surface area contributed by atoms with E-state index in [0.29, 0.717) is 6.04 Å². The highest BCUT2D eigenvalue weighted by Crippen LogP contribution is 2.24. The molecule has 4 heteroatoms. The lowest BCUT2D eigenvalue weighted by molar-refractivity contribution is 0.166. The number of rotatable bonds is 5. The summed E-state index contributed by atoms with van der Waals surface area (Å²) in [6, 6.07) is 0.454. The predicted octanol–water partition coefficient (Wildman–Crippen LogP) is 2.83. The minimum atomic E-state index is 0.454. The van der Waals surface area contributed by atoms with Gasteiger partial charge in [-0.3, -0.25) is 4.90 Å². The van der Waals surface area contributed by atoms with Gasteiger partial charge in [0.15, 0.2) is 0 Å². The first-order valence-corrected chi connectivity index (χ1v) is 7.95. The van der Waals surface area contributed by atoms with E-state index in [2.05, 4.69) is 41.4 Å². The zero-order chi connectivity index (χ0) is 13.0. The molecule has 0 radical (unpaired) electrons. The summed E-state index contributed by atoms with van der Waals surface area (Å²) in [5.74, 6) is 0.855. The van der Waals surface area contributed by atoms with Gasteiger partial charge in [-0.05, 0) is 52.2 Å². The van der Waals surface area contributed by atoms with Gasteiger partial charge in [-0.15, -0.1) is 11.3 Å². The van der Waals surface area contributed by atoms with Gasteiger partial charge >= 0.3 is 0 Å². The normalized spacial score (nSPS) is 19.3. The molecule has 2 heterocycles. The molecule has 102 valence electrons. The number of nitrogens with one attached hydrogen (secondary N) is 1. The molecule has 1 unspecified atom stereocenters. The SMILES string of the molecule is CCN(CC1CCNCC1)C(C)c1csc(C)n1. The standard InChI is InChI=1S/C14H25N3S/c1-4-17(9-13-5-7-15-8-6-13)11(2)14-10-18-12(3)16-14/h10-11,13,15H,4-9H2,1-3H3. The number of aromatic nitrogens is 1. The van der Waals surface area contributed by atoms with E-state index in [4.69, 9.17) is 0 Å². The molecule has 18 heavy (non-hydrogen) atoms. The number of hydrogen-bond donors (Lipinski definition) is 1. The van der Waals surface area contributed by atoms with Crippen LogP contribution in [0.4, 0.5) is 0 Å². The summed E-state index contributed by atoms with van der Waals surface area (Å²) in [6.45, 7) is 11.3. The Morgan fingerprint density at radius 3 is 2.78 bits per heavy atom. The molecule has 3 nitrogen and oxygen atoms in total. The van der Waals surface area contributed by atoms with Crippen LogP contribution in [0.2, 0.25) is 0 Å². The van der Waals surface area contributed by atoms with Crippen molar-refractivity contribution in [3.63, 3.8) is 0 Å². The van der Waals surface area contributed by atoms with Crippen molar-refractivity contribution in [2.75, 3.05) is 26.2 Å². The lowest BCUT2D eigenvalue weighted by atomic mass is 9.97. The number of piperidine rings is 1. The van der Waals surface area contributed by atoms with Crippen LogP contribution >= 0.6 is 11.3 Å². The third-order valence-electron chi connectivity index (χ3n) is 3.97. The third-order valence-corrected chi connectivity index (χ3v) is 4.76. The Hall–Kier alpha value is -0.450. The molecule has 0 saturated carbocycles. The molecule has 0 bridgehead atoms. The maximum Gasteiger partial charge on any atom is 0.0898 e. The van der Waals surface area contributed by atoms with Gasteiger partial charge in [0.05, 0.1) is 16.7 Å². The zero-order valence-corrected chi connectivity index (χ0v) is 12.6. The molecule has 1 aromatic rings. The zero-order valence-electron chi connectivity index (χ0n) is 11.8. The van der Waals surface area contributed by atoms with Gasteiger partial charge in [-0.25, -0.2) is 4.98 Å². The molecule has 1 aliphatic rings. The van der Waals surface area contributed by atoms with Crippen molar-refractivity contribution in [2.24, 2.45) is 5.92 Å². The van der Waals surface area contributed by atoms with E-state index in [-0.39, 0.29) is 0 Å². The predicted molar refractivity (Wildman–Crippen MR) is 78.1 cm³/mol. The van der Waals surface area contributed by atoms with Crippen LogP contribution in [-0.2, 0) is 0 Å². The van der Waals surface area contributed by atoms with Crippen LogP contribution in [0.1, 0.15) is 43.4 Å². The summed E-state index contributed by atoms with van der Waals surface area (Å²) in [7, 11) is 0. The van der Waals surface area contributed by atoms with E-state index < -0.39 is 0 Å². The van der Waals surface area contributed by atoms with Crippen molar-refractivity contribution >= 4 is 11.3 Å². The van der Waals surface area contributed by atoms with Crippen LogP contribution in [0.25, 0.3) is 0 Å². The number of thiazole rings is 1. The Balaban J connectivity index is 1.94. The summed E-state index contributed by atoms with van der Waals surface area (Å²) in [4.78, 5) is 7.21. The minimum Gasteiger partial charge on any atom is -0.317 e. The largest absolute Gasteiger partial charge is 0.317 e. The van der Waals surface area contributed by atoms with Gasteiger partial charge in [-0.1, -0.05) is 6.92 Å². The first kappa shape index (κ1) is 14.0. The fourth-order valence-corrected chi connectivity index (χ4v) is 3.42. The smallest absolute Gasteiger partial charge is 0.0898 e. The second-order valence-electron chi connectivity index (χ2n) is 5.25. The highest BCUT2D eigenvalue weighted by atomic mass is 32.1. The summed E-state index contributed by atoms with van der Waals surface area (Å²) >= 11 is 1.76. The van der Waals surface area contributed by atoms with Crippen molar-refractivity contribution in [2.45, 2.75) is 39.7 Å². The molecule has 1 fully saturated rings. The molecule has 2 rings (SSSR count). The first-order valence-electron chi connectivity index (χ1n) is 7.07. The highest BCUT2D eigenvalue weighted by Gasteiger charge is 2.21. The van der Waals surface area contributed by atoms with Crippen LogP contribution in [0.5, 0.6) is 0 Å². The molecular weight excluding hydrogens is 242 g/mol. The summed E-state index contributed by atoms with van der Waals surface area (Å²) in [5.41, 5.74) is 1.24. The van der Waals surface area contributed by atoms with Gasteiger partial charge in [0, 0.05) is 11.9 Å². The topological polar surface area (TPSA) is 28.2 Å². The summed E-state index contributed by atoms with van der Waals surface area (Å²) < 4.78 is 0. The Morgan fingerprint density at radius 1 is 1.50 bits per heavy atom. The van der Waals surface area contributed by atoms with Crippen LogP contribution in [0.15, 0.2) is 5.38 Å². The van der Waals surface area contributed by atoms with Crippen LogP contribution in [-0.4, -0.2) is 36.1 Å². The van der Waals surface area contributed by atoms with Gasteiger partial charge in [0.2, 0.25) is 0 Å². The van der Waals surface area contributed by atoms with Gasteiger partial charge < -0.3 is 5.32 Å². The van der Waals surface area contributed by atoms with Gasteiger partial charge in [-0.2, -0.15) is 0 Å².